The number of hydrogen-bond donors (Lipinski definition) is 1. The molecular formula is C34H43N3O4S. The number of hydrogen-bond acceptors (Lipinski definition) is 4. The van der Waals surface area contributed by atoms with Gasteiger partial charge in [-0.2, -0.15) is 0 Å². The Balaban J connectivity index is 1.59. The molecule has 8 heteroatoms. The molecule has 0 heterocycles. The Labute approximate surface area is 251 Å². The highest BCUT2D eigenvalue weighted by atomic mass is 32.2. The minimum absolute atomic E-state index is 0.117. The zero-order valence-electron chi connectivity index (χ0n) is 25.0. The first-order valence-corrected chi connectivity index (χ1v) is 16.7. The van der Waals surface area contributed by atoms with E-state index in [9.17, 15) is 18.0 Å². The van der Waals surface area contributed by atoms with Crippen molar-refractivity contribution in [3.8, 4) is 0 Å². The molecule has 0 aromatic heterocycles. The molecule has 3 aromatic carbocycles. The van der Waals surface area contributed by atoms with Crippen molar-refractivity contribution in [1.29, 1.82) is 0 Å². The van der Waals surface area contributed by atoms with Crippen molar-refractivity contribution in [2.75, 3.05) is 17.1 Å². The SMILES string of the molecule is Cc1ccc(N(CCCC(=O)N(Cc2ccccc2C)C(Cc2ccccc2)C(=O)NC2CCCC2)S(C)(=O)=O)cc1. The van der Waals surface area contributed by atoms with Crippen molar-refractivity contribution in [3.05, 3.63) is 101 Å². The van der Waals surface area contributed by atoms with Crippen LogP contribution in [0.2, 0.25) is 0 Å². The lowest BCUT2D eigenvalue weighted by Crippen LogP contribution is -2.52. The second-order valence-corrected chi connectivity index (χ2v) is 13.3. The number of anilines is 1. The fourth-order valence-corrected chi connectivity index (χ4v) is 6.57. The summed E-state index contributed by atoms with van der Waals surface area (Å²) in [6.45, 7) is 4.43. The van der Waals surface area contributed by atoms with Gasteiger partial charge in [0.15, 0.2) is 0 Å². The average molecular weight is 590 g/mol. The predicted molar refractivity (Wildman–Crippen MR) is 169 cm³/mol. The Morgan fingerprint density at radius 2 is 1.55 bits per heavy atom. The van der Waals surface area contributed by atoms with Crippen LogP contribution in [-0.2, 0) is 32.6 Å². The maximum atomic E-state index is 14.0. The molecule has 4 rings (SSSR count). The Morgan fingerprint density at radius 1 is 0.905 bits per heavy atom. The molecule has 224 valence electrons. The van der Waals surface area contributed by atoms with E-state index in [1.807, 2.05) is 80.6 Å². The van der Waals surface area contributed by atoms with Crippen LogP contribution in [-0.4, -0.2) is 50.0 Å². The standard InChI is InChI=1S/C34H43N3O4S/c1-26-19-21-31(22-20-26)37(42(3,40)41)23-11-18-33(38)36(25-29-15-8-7-12-27(29)2)32(24-28-13-5-4-6-14-28)34(39)35-30-16-9-10-17-30/h4-8,12-15,19-22,30,32H,9-11,16-18,23-25H2,1-3H3,(H,35,39). The molecular weight excluding hydrogens is 546 g/mol. The van der Waals surface area contributed by atoms with Crippen LogP contribution in [0.4, 0.5) is 5.69 Å². The van der Waals surface area contributed by atoms with E-state index in [0.29, 0.717) is 25.1 Å². The molecule has 1 saturated carbocycles. The largest absolute Gasteiger partial charge is 0.352 e. The lowest BCUT2D eigenvalue weighted by molar-refractivity contribution is -0.141. The fourth-order valence-electron chi connectivity index (χ4n) is 5.61. The summed E-state index contributed by atoms with van der Waals surface area (Å²) >= 11 is 0. The van der Waals surface area contributed by atoms with Gasteiger partial charge >= 0.3 is 0 Å². The van der Waals surface area contributed by atoms with Crippen molar-refractivity contribution in [3.63, 3.8) is 0 Å². The predicted octanol–water partition coefficient (Wildman–Crippen LogP) is 5.55. The third-order valence-electron chi connectivity index (χ3n) is 8.05. The molecule has 1 aliphatic carbocycles. The van der Waals surface area contributed by atoms with E-state index in [0.717, 1.165) is 47.9 Å². The smallest absolute Gasteiger partial charge is 0.243 e. The summed E-state index contributed by atoms with van der Waals surface area (Å²) in [6.07, 6.45) is 6.12. The highest BCUT2D eigenvalue weighted by Gasteiger charge is 2.32. The highest BCUT2D eigenvalue weighted by Crippen LogP contribution is 2.23. The first kappa shape index (κ1) is 31.3. The number of carbonyl (C=O) groups excluding carboxylic acids is 2. The van der Waals surface area contributed by atoms with Gasteiger partial charge in [0, 0.05) is 32.0 Å². The number of sulfonamides is 1. The maximum Gasteiger partial charge on any atom is 0.243 e. The van der Waals surface area contributed by atoms with Gasteiger partial charge in [0.25, 0.3) is 0 Å². The van der Waals surface area contributed by atoms with Gasteiger partial charge in [-0.15, -0.1) is 0 Å². The quantitative estimate of drug-likeness (QED) is 0.283. The summed E-state index contributed by atoms with van der Waals surface area (Å²) < 4.78 is 26.6. The number of benzene rings is 3. The molecule has 2 amide bonds. The molecule has 1 fully saturated rings. The first-order chi connectivity index (χ1) is 20.1. The molecule has 0 spiro atoms. The van der Waals surface area contributed by atoms with E-state index in [1.54, 1.807) is 17.0 Å². The van der Waals surface area contributed by atoms with E-state index in [4.69, 9.17) is 0 Å². The summed E-state index contributed by atoms with van der Waals surface area (Å²) in [5, 5.41) is 3.23. The molecule has 1 N–H and O–H groups in total. The van der Waals surface area contributed by atoms with Crippen molar-refractivity contribution >= 4 is 27.5 Å². The molecule has 7 nitrogen and oxygen atoms in total. The van der Waals surface area contributed by atoms with Crippen LogP contribution in [0.5, 0.6) is 0 Å². The van der Waals surface area contributed by atoms with E-state index in [2.05, 4.69) is 5.32 Å². The Morgan fingerprint density at radius 3 is 2.19 bits per heavy atom. The Bertz CT molecular complexity index is 1440. The minimum Gasteiger partial charge on any atom is -0.352 e. The normalized spacial score (nSPS) is 14.4. The van der Waals surface area contributed by atoms with Crippen molar-refractivity contribution in [2.45, 2.75) is 77.4 Å². The van der Waals surface area contributed by atoms with Crippen LogP contribution < -0.4 is 9.62 Å². The Kier molecular flexibility index (Phi) is 10.8. The van der Waals surface area contributed by atoms with Gasteiger partial charge in [0.1, 0.15) is 6.04 Å². The van der Waals surface area contributed by atoms with Gasteiger partial charge in [0.05, 0.1) is 11.9 Å². The van der Waals surface area contributed by atoms with Crippen LogP contribution in [0.3, 0.4) is 0 Å². The van der Waals surface area contributed by atoms with Gasteiger partial charge < -0.3 is 10.2 Å². The zero-order chi connectivity index (χ0) is 30.1. The molecule has 0 aliphatic heterocycles. The minimum atomic E-state index is -3.54. The second kappa shape index (κ2) is 14.5. The van der Waals surface area contributed by atoms with Crippen molar-refractivity contribution < 1.29 is 18.0 Å². The number of nitrogens with zero attached hydrogens (tertiary/aromatic N) is 2. The van der Waals surface area contributed by atoms with Gasteiger partial charge in [-0.05, 0) is 61.9 Å². The van der Waals surface area contributed by atoms with Gasteiger partial charge in [-0.1, -0.05) is 85.1 Å². The van der Waals surface area contributed by atoms with E-state index >= 15 is 0 Å². The molecule has 0 bridgehead atoms. The number of amides is 2. The topological polar surface area (TPSA) is 86.8 Å². The lowest BCUT2D eigenvalue weighted by atomic mass is 10.0. The number of carbonyl (C=O) groups is 2. The Hall–Kier alpha value is -3.65. The molecule has 0 radical (unpaired) electrons. The van der Waals surface area contributed by atoms with Gasteiger partial charge in [0.2, 0.25) is 21.8 Å². The third kappa shape index (κ3) is 8.68. The molecule has 1 unspecified atom stereocenters. The molecule has 3 aromatic rings. The van der Waals surface area contributed by atoms with E-state index < -0.39 is 16.1 Å². The molecule has 1 atom stereocenters. The van der Waals surface area contributed by atoms with Crippen molar-refractivity contribution in [2.24, 2.45) is 0 Å². The zero-order valence-corrected chi connectivity index (χ0v) is 25.8. The van der Waals surface area contributed by atoms with Crippen LogP contribution in [0.15, 0.2) is 78.9 Å². The first-order valence-electron chi connectivity index (χ1n) is 14.8. The summed E-state index contributed by atoms with van der Waals surface area (Å²) in [4.78, 5) is 29.6. The molecule has 42 heavy (non-hydrogen) atoms. The van der Waals surface area contributed by atoms with Crippen LogP contribution >= 0.6 is 0 Å². The highest BCUT2D eigenvalue weighted by molar-refractivity contribution is 7.92. The monoisotopic (exact) mass is 589 g/mol. The second-order valence-electron chi connectivity index (χ2n) is 11.4. The van der Waals surface area contributed by atoms with Crippen LogP contribution in [0, 0.1) is 13.8 Å². The summed E-state index contributed by atoms with van der Waals surface area (Å²) in [6, 6.07) is 24.5. The maximum absolute atomic E-state index is 14.0. The van der Waals surface area contributed by atoms with Crippen molar-refractivity contribution in [1.82, 2.24) is 10.2 Å². The van der Waals surface area contributed by atoms with Gasteiger partial charge in [-0.25, -0.2) is 8.42 Å². The van der Waals surface area contributed by atoms with Gasteiger partial charge in [-0.3, -0.25) is 13.9 Å². The average Bonchev–Trinajstić information content (AvgIpc) is 3.47. The van der Waals surface area contributed by atoms with E-state index in [1.165, 1.54) is 10.6 Å². The number of nitrogens with one attached hydrogen (secondary N) is 1. The summed E-state index contributed by atoms with van der Waals surface area (Å²) in [5.41, 5.74) is 4.62. The lowest BCUT2D eigenvalue weighted by Gasteiger charge is -2.33. The number of rotatable bonds is 13. The molecule has 1 aliphatic rings. The van der Waals surface area contributed by atoms with Crippen LogP contribution in [0.25, 0.3) is 0 Å². The van der Waals surface area contributed by atoms with E-state index in [-0.39, 0.29) is 30.8 Å². The number of aryl methyl sites for hydroxylation is 2. The summed E-state index contributed by atoms with van der Waals surface area (Å²) in [5.74, 6) is -0.303. The van der Waals surface area contributed by atoms with Crippen LogP contribution in [0.1, 0.15) is 60.8 Å². The molecule has 0 saturated heterocycles. The summed E-state index contributed by atoms with van der Waals surface area (Å²) in [7, 11) is -3.54. The third-order valence-corrected chi connectivity index (χ3v) is 9.24. The fraction of sp³-hybridized carbons (Fsp3) is 0.412.